The highest BCUT2D eigenvalue weighted by molar-refractivity contribution is 9.10. The number of rotatable bonds is 21. The number of carboxylic acids is 1. The third-order valence-corrected chi connectivity index (χ3v) is 15.3. The maximum absolute atomic E-state index is 12.7. The highest BCUT2D eigenvalue weighted by atomic mass is 79.9. The summed E-state index contributed by atoms with van der Waals surface area (Å²) in [7, 11) is 0. The Bertz CT molecular complexity index is 2950. The summed E-state index contributed by atoms with van der Waals surface area (Å²) < 4.78 is 16.9. The van der Waals surface area contributed by atoms with Gasteiger partial charge in [0, 0.05) is 129 Å². The maximum Gasteiger partial charge on any atom is 0.303 e. The average Bonchev–Trinajstić information content (AvgIpc) is 4.09. The van der Waals surface area contributed by atoms with Crippen molar-refractivity contribution in [2.45, 2.75) is 157 Å². The van der Waals surface area contributed by atoms with Crippen LogP contribution in [0.15, 0.2) is 57.7 Å². The Hall–Kier alpha value is -6.00. The summed E-state index contributed by atoms with van der Waals surface area (Å²) in [4.78, 5) is 57.6. The molecular weight excluding hydrogens is 1110 g/mol. The fourth-order valence-corrected chi connectivity index (χ4v) is 9.85. The van der Waals surface area contributed by atoms with Crippen LogP contribution in [0.2, 0.25) is 0 Å². The van der Waals surface area contributed by atoms with Crippen LogP contribution in [0.1, 0.15) is 124 Å². The fraction of sp³-hybridized carbons (Fsp3) is 0.500. The van der Waals surface area contributed by atoms with E-state index in [1.165, 1.54) is 5.56 Å². The lowest BCUT2D eigenvalue weighted by molar-refractivity contribution is -0.138. The first kappa shape index (κ1) is 60.2. The van der Waals surface area contributed by atoms with Crippen LogP contribution in [-0.2, 0) is 80.8 Å². The summed E-state index contributed by atoms with van der Waals surface area (Å²) in [6.07, 6.45) is 8.84. The number of hydrogen-bond acceptors (Lipinski definition) is 13. The number of carbonyl (C=O) groups is 4. The van der Waals surface area contributed by atoms with E-state index in [1.54, 1.807) is 0 Å². The van der Waals surface area contributed by atoms with E-state index < -0.39 is 5.97 Å². The van der Waals surface area contributed by atoms with Crippen molar-refractivity contribution in [3.05, 3.63) is 103 Å². The number of carbonyl (C=O) groups excluding carboxylic acids is 3. The molecule has 6 aromatic rings. The minimum atomic E-state index is -0.980. The normalized spacial score (nSPS) is 13.8. The van der Waals surface area contributed by atoms with Crippen LogP contribution in [-0.4, -0.2) is 96.8 Å². The lowest BCUT2D eigenvalue weighted by Gasteiger charge is -2.26. The summed E-state index contributed by atoms with van der Waals surface area (Å²) in [5.74, 6) is -1.58. The highest BCUT2D eigenvalue weighted by Crippen LogP contribution is 2.33. The monoisotopic (exact) mass is 1190 g/mol. The molecule has 2 aliphatic heterocycles. The molecule has 77 heavy (non-hydrogen) atoms. The Kier molecular flexibility index (Phi) is 23.6. The molecule has 6 heterocycles. The molecule has 19 nitrogen and oxygen atoms in total. The summed E-state index contributed by atoms with van der Waals surface area (Å²) in [5, 5.41) is 35.8. The van der Waals surface area contributed by atoms with Gasteiger partial charge in [0.1, 0.15) is 0 Å². The standard InChI is InChI=1S/C28H37BrN6O3.C20H29N5O4.C8H10BrN/c1-4-24-21(16-31-26(37)9-8-25(36)30-15-19-7-6-18(3)23(29)14-19)27(33-20-10-12-38-13-11-20)22-17-32-35(5-2)28(22)34-24;1-3-16-14(11-21-17(26)5-6-18(27)28)19(23-13-7-9-29-10-8-13)15-12-22-25(4-2)20(15)24-16;1-6-2-3-7(5-10)4-8(6)9/h6-7,14,17,20H,4-5,8-13,15-16H2,1-3H3,(H,30,36)(H,31,37)(H,33,34);12-13H,3-11H2,1-2H3,(H,21,26)(H,23,24)(H,27,28);2-4H,5,10H2,1H3. The number of amides is 3. The zero-order valence-electron chi connectivity index (χ0n) is 45.3. The zero-order chi connectivity index (χ0) is 55.4. The molecule has 0 unspecified atom stereocenters. The predicted molar refractivity (Wildman–Crippen MR) is 307 cm³/mol. The molecule has 416 valence electrons. The Labute approximate surface area is 468 Å². The second kappa shape index (κ2) is 30.2. The minimum absolute atomic E-state index is 0.0387. The number of aryl methyl sites for hydroxylation is 6. The van der Waals surface area contributed by atoms with E-state index in [0.717, 1.165) is 153 Å². The van der Waals surface area contributed by atoms with Crippen molar-refractivity contribution < 1.29 is 33.8 Å². The third-order valence-electron chi connectivity index (χ3n) is 13.6. The first-order chi connectivity index (χ1) is 37.2. The topological polar surface area (TPSA) is 255 Å². The van der Waals surface area contributed by atoms with E-state index in [0.29, 0.717) is 32.6 Å². The van der Waals surface area contributed by atoms with Gasteiger partial charge in [-0.05, 0) is 101 Å². The van der Waals surface area contributed by atoms with Crippen LogP contribution in [0.4, 0.5) is 11.4 Å². The largest absolute Gasteiger partial charge is 0.481 e. The molecule has 2 fully saturated rings. The van der Waals surface area contributed by atoms with Crippen molar-refractivity contribution in [2.24, 2.45) is 5.73 Å². The molecule has 0 saturated carbocycles. The van der Waals surface area contributed by atoms with E-state index in [1.807, 2.05) is 66.8 Å². The number of benzene rings is 2. The van der Waals surface area contributed by atoms with Crippen molar-refractivity contribution in [3.8, 4) is 0 Å². The highest BCUT2D eigenvalue weighted by Gasteiger charge is 2.24. The molecule has 0 aliphatic carbocycles. The van der Waals surface area contributed by atoms with E-state index in [4.69, 9.17) is 30.3 Å². The van der Waals surface area contributed by atoms with Crippen LogP contribution in [0.25, 0.3) is 22.1 Å². The Morgan fingerprint density at radius 2 is 1.03 bits per heavy atom. The number of aliphatic carboxylic acids is 1. The second-order valence-corrected chi connectivity index (χ2v) is 20.8. The average molecular weight is 1190 g/mol. The number of aromatic nitrogens is 6. The van der Waals surface area contributed by atoms with Gasteiger partial charge in [-0.15, -0.1) is 0 Å². The number of pyridine rings is 2. The quantitative estimate of drug-likeness (QED) is 0.0356. The van der Waals surface area contributed by atoms with Gasteiger partial charge in [0.05, 0.1) is 41.0 Å². The van der Waals surface area contributed by atoms with Crippen LogP contribution < -0.4 is 32.3 Å². The first-order valence-corrected chi connectivity index (χ1v) is 28.4. The van der Waals surface area contributed by atoms with Gasteiger partial charge in [-0.1, -0.05) is 70.0 Å². The van der Waals surface area contributed by atoms with Gasteiger partial charge in [-0.2, -0.15) is 10.2 Å². The first-order valence-electron chi connectivity index (χ1n) is 26.8. The summed E-state index contributed by atoms with van der Waals surface area (Å²) in [6.45, 7) is 18.3. The molecule has 4 aromatic heterocycles. The van der Waals surface area contributed by atoms with Gasteiger partial charge in [0.2, 0.25) is 17.7 Å². The van der Waals surface area contributed by atoms with Gasteiger partial charge >= 0.3 is 5.97 Å². The lowest BCUT2D eigenvalue weighted by Crippen LogP contribution is -2.30. The molecule has 2 aromatic carbocycles. The number of fused-ring (bicyclic) bond motifs is 2. The molecule has 2 aliphatic rings. The molecule has 0 bridgehead atoms. The van der Waals surface area contributed by atoms with Crippen molar-refractivity contribution in [2.75, 3.05) is 37.1 Å². The molecule has 2 saturated heterocycles. The minimum Gasteiger partial charge on any atom is -0.481 e. The van der Waals surface area contributed by atoms with E-state index in [2.05, 4.69) is 102 Å². The molecule has 8 rings (SSSR count). The zero-order valence-corrected chi connectivity index (χ0v) is 48.5. The Morgan fingerprint density at radius 1 is 0.623 bits per heavy atom. The number of nitrogens with two attached hydrogens (primary N) is 1. The fourth-order valence-electron chi connectivity index (χ4n) is 9.00. The molecule has 3 amide bonds. The maximum atomic E-state index is 12.7. The summed E-state index contributed by atoms with van der Waals surface area (Å²) in [6, 6.07) is 12.7. The van der Waals surface area contributed by atoms with Gasteiger partial charge in [0.15, 0.2) is 11.3 Å². The van der Waals surface area contributed by atoms with E-state index in [9.17, 15) is 19.2 Å². The van der Waals surface area contributed by atoms with Crippen LogP contribution in [0, 0.1) is 13.8 Å². The Balaban J connectivity index is 0.000000216. The second-order valence-electron chi connectivity index (χ2n) is 19.1. The van der Waals surface area contributed by atoms with Gasteiger partial charge < -0.3 is 46.9 Å². The lowest BCUT2D eigenvalue weighted by atomic mass is 10.0. The van der Waals surface area contributed by atoms with Crippen molar-refractivity contribution in [3.63, 3.8) is 0 Å². The van der Waals surface area contributed by atoms with E-state index in [-0.39, 0.29) is 55.5 Å². The molecule has 21 heteroatoms. The molecule has 0 radical (unpaired) electrons. The smallest absolute Gasteiger partial charge is 0.303 e. The number of nitrogens with one attached hydrogen (secondary N) is 5. The van der Waals surface area contributed by atoms with Crippen LogP contribution in [0.3, 0.4) is 0 Å². The number of halogens is 2. The van der Waals surface area contributed by atoms with Gasteiger partial charge in [0.25, 0.3) is 0 Å². The van der Waals surface area contributed by atoms with Crippen molar-refractivity contribution in [1.82, 2.24) is 45.5 Å². The number of carboxylic acid groups (broad SMARTS) is 1. The molecular formula is C56H76Br2N12O7. The van der Waals surface area contributed by atoms with Crippen molar-refractivity contribution in [1.29, 1.82) is 0 Å². The van der Waals surface area contributed by atoms with Crippen LogP contribution in [0.5, 0.6) is 0 Å². The number of anilines is 2. The number of nitrogens with zero attached hydrogens (tertiary/aromatic N) is 6. The van der Waals surface area contributed by atoms with Crippen LogP contribution >= 0.6 is 31.9 Å². The Morgan fingerprint density at radius 3 is 1.42 bits per heavy atom. The molecule has 0 spiro atoms. The summed E-state index contributed by atoms with van der Waals surface area (Å²) in [5.41, 5.74) is 17.4. The predicted octanol–water partition coefficient (Wildman–Crippen LogP) is 8.69. The van der Waals surface area contributed by atoms with Gasteiger partial charge in [-0.25, -0.2) is 19.3 Å². The van der Waals surface area contributed by atoms with Gasteiger partial charge in [-0.3, -0.25) is 19.2 Å². The molecule has 8 N–H and O–H groups in total. The summed E-state index contributed by atoms with van der Waals surface area (Å²) >= 11 is 6.95. The number of ether oxygens (including phenoxy) is 2. The number of hydrogen-bond donors (Lipinski definition) is 7. The molecule has 0 atom stereocenters. The SMILES string of the molecule is CCc1nc2c(cnn2CC)c(NC2CCOCC2)c1CNC(=O)CCC(=O)NCc1ccc(C)c(Br)c1.CCc1nc2c(cnn2CC)c(NC2CCOCC2)c1CNC(=O)CCC(=O)O.Cc1ccc(CN)cc1Br. The van der Waals surface area contributed by atoms with Crippen molar-refractivity contribution >= 4 is 89.0 Å². The third kappa shape index (κ3) is 17.2. The van der Waals surface area contributed by atoms with E-state index >= 15 is 0 Å².